The number of H-pyrrole nitrogens is 1. The first-order valence-electron chi connectivity index (χ1n) is 5.00. The van der Waals surface area contributed by atoms with E-state index in [4.69, 9.17) is 0 Å². The lowest BCUT2D eigenvalue weighted by Gasteiger charge is -2.11. The van der Waals surface area contributed by atoms with Crippen LogP contribution in [-0.2, 0) is 16.1 Å². The van der Waals surface area contributed by atoms with Gasteiger partial charge in [-0.25, -0.2) is 4.79 Å². The molecule has 17 heavy (non-hydrogen) atoms. The van der Waals surface area contributed by atoms with Gasteiger partial charge in [-0.05, 0) is 6.07 Å². The lowest BCUT2D eigenvalue weighted by atomic mass is 10.4. The van der Waals surface area contributed by atoms with Crippen LogP contribution in [0.15, 0.2) is 12.3 Å². The molecule has 1 aromatic heterocycles. The molecule has 90 valence electrons. The first-order valence-corrected chi connectivity index (χ1v) is 5.00. The molecule has 0 aromatic carbocycles. The fourth-order valence-corrected chi connectivity index (χ4v) is 1.39. The van der Waals surface area contributed by atoms with E-state index in [9.17, 15) is 14.4 Å². The average molecular weight is 237 g/mol. The molecule has 2 heterocycles. The molecule has 0 saturated carbocycles. The van der Waals surface area contributed by atoms with Gasteiger partial charge in [-0.3, -0.25) is 19.6 Å². The molecule has 2 rings (SSSR count). The van der Waals surface area contributed by atoms with Gasteiger partial charge in [0.25, 0.3) is 5.91 Å². The number of aromatic nitrogens is 2. The van der Waals surface area contributed by atoms with Crippen LogP contribution in [0.3, 0.4) is 0 Å². The third kappa shape index (κ3) is 2.60. The number of nitrogens with zero attached hydrogens (tertiary/aromatic N) is 2. The third-order valence-electron chi connectivity index (χ3n) is 2.27. The largest absolute Gasteiger partial charge is 0.349 e. The molecule has 8 nitrogen and oxygen atoms in total. The Morgan fingerprint density at radius 2 is 2.35 bits per heavy atom. The summed E-state index contributed by atoms with van der Waals surface area (Å²) < 4.78 is 0. The Morgan fingerprint density at radius 3 is 2.94 bits per heavy atom. The van der Waals surface area contributed by atoms with Gasteiger partial charge in [0.15, 0.2) is 0 Å². The van der Waals surface area contributed by atoms with E-state index >= 15 is 0 Å². The van der Waals surface area contributed by atoms with Crippen LogP contribution in [0.1, 0.15) is 5.69 Å². The van der Waals surface area contributed by atoms with Crippen molar-refractivity contribution < 1.29 is 14.4 Å². The summed E-state index contributed by atoms with van der Waals surface area (Å²) in [6.07, 6.45) is 1.57. The molecule has 3 N–H and O–H groups in total. The molecule has 0 radical (unpaired) electrons. The number of rotatable bonds is 4. The molecule has 0 aliphatic carbocycles. The summed E-state index contributed by atoms with van der Waals surface area (Å²) in [6.45, 7) is -0.0338. The number of aromatic amines is 1. The Kier molecular flexibility index (Phi) is 3.03. The van der Waals surface area contributed by atoms with Crippen molar-refractivity contribution in [3.05, 3.63) is 18.0 Å². The lowest BCUT2D eigenvalue weighted by Crippen LogP contribution is -2.40. The fraction of sp³-hybridized carbons (Fsp3) is 0.333. The minimum atomic E-state index is -0.535. The number of carbonyl (C=O) groups is 3. The Balaban J connectivity index is 1.81. The van der Waals surface area contributed by atoms with Gasteiger partial charge in [-0.15, -0.1) is 0 Å². The lowest BCUT2D eigenvalue weighted by molar-refractivity contribution is -0.130. The summed E-state index contributed by atoms with van der Waals surface area (Å²) in [4.78, 5) is 34.7. The summed E-state index contributed by atoms with van der Waals surface area (Å²) in [6, 6.07) is 1.18. The second kappa shape index (κ2) is 4.64. The zero-order valence-corrected chi connectivity index (χ0v) is 8.90. The van der Waals surface area contributed by atoms with Gasteiger partial charge in [0.1, 0.15) is 6.54 Å². The highest BCUT2D eigenvalue weighted by Gasteiger charge is 2.29. The second-order valence-electron chi connectivity index (χ2n) is 3.50. The first kappa shape index (κ1) is 11.1. The summed E-state index contributed by atoms with van der Waals surface area (Å²) in [5.74, 6) is -0.795. The van der Waals surface area contributed by atoms with Crippen LogP contribution >= 0.6 is 0 Å². The monoisotopic (exact) mass is 237 g/mol. The van der Waals surface area contributed by atoms with E-state index in [0.29, 0.717) is 0 Å². The maximum atomic E-state index is 11.5. The van der Waals surface area contributed by atoms with E-state index < -0.39 is 17.8 Å². The van der Waals surface area contributed by atoms with Crippen LogP contribution in [0.4, 0.5) is 4.79 Å². The van der Waals surface area contributed by atoms with Crippen molar-refractivity contribution in [2.24, 2.45) is 0 Å². The van der Waals surface area contributed by atoms with Gasteiger partial charge < -0.3 is 10.6 Å². The van der Waals surface area contributed by atoms with Crippen LogP contribution in [0.5, 0.6) is 0 Å². The molecule has 4 amide bonds. The maximum Gasteiger partial charge on any atom is 0.325 e. The van der Waals surface area contributed by atoms with Crippen molar-refractivity contribution in [1.82, 2.24) is 25.7 Å². The van der Waals surface area contributed by atoms with E-state index in [1.807, 2.05) is 0 Å². The molecule has 0 unspecified atom stereocenters. The smallest absolute Gasteiger partial charge is 0.325 e. The molecule has 1 aliphatic rings. The molecular formula is C9H11N5O3. The summed E-state index contributed by atoms with van der Waals surface area (Å²) in [5.41, 5.74) is 0.746. The van der Waals surface area contributed by atoms with Crippen LogP contribution < -0.4 is 10.6 Å². The second-order valence-corrected chi connectivity index (χ2v) is 3.50. The van der Waals surface area contributed by atoms with Crippen molar-refractivity contribution in [3.63, 3.8) is 0 Å². The first-order chi connectivity index (χ1) is 8.16. The molecule has 1 aliphatic heterocycles. The molecule has 1 fully saturated rings. The van der Waals surface area contributed by atoms with Gasteiger partial charge in [0, 0.05) is 6.20 Å². The van der Waals surface area contributed by atoms with Crippen LogP contribution in [0.25, 0.3) is 0 Å². The number of nitrogens with one attached hydrogen (secondary N) is 3. The maximum absolute atomic E-state index is 11.5. The number of amides is 4. The number of imide groups is 1. The molecular weight excluding hydrogens is 226 g/mol. The molecule has 1 aromatic rings. The Hall–Kier alpha value is -2.38. The highest BCUT2D eigenvalue weighted by molar-refractivity contribution is 6.04. The highest BCUT2D eigenvalue weighted by atomic mass is 16.2. The van der Waals surface area contributed by atoms with E-state index in [0.717, 1.165) is 10.6 Å². The highest BCUT2D eigenvalue weighted by Crippen LogP contribution is 1.98. The van der Waals surface area contributed by atoms with E-state index in [1.54, 1.807) is 12.3 Å². The van der Waals surface area contributed by atoms with Crippen molar-refractivity contribution >= 4 is 17.8 Å². The molecule has 8 heteroatoms. The normalized spacial score (nSPS) is 14.9. The minimum Gasteiger partial charge on any atom is -0.349 e. The van der Waals surface area contributed by atoms with Crippen molar-refractivity contribution in [3.8, 4) is 0 Å². The third-order valence-corrected chi connectivity index (χ3v) is 2.27. The fourth-order valence-electron chi connectivity index (χ4n) is 1.39. The molecule has 0 spiro atoms. The predicted molar refractivity (Wildman–Crippen MR) is 55.5 cm³/mol. The average Bonchev–Trinajstić information content (AvgIpc) is 2.91. The van der Waals surface area contributed by atoms with Crippen molar-refractivity contribution in [2.45, 2.75) is 6.54 Å². The summed E-state index contributed by atoms with van der Waals surface area (Å²) in [5, 5.41) is 11.3. The Morgan fingerprint density at radius 1 is 1.53 bits per heavy atom. The Labute approximate surface area is 96.4 Å². The molecule has 0 bridgehead atoms. The van der Waals surface area contributed by atoms with Crippen molar-refractivity contribution in [2.75, 3.05) is 13.1 Å². The Bertz CT molecular complexity index is 425. The van der Waals surface area contributed by atoms with Gasteiger partial charge in [0.2, 0.25) is 5.91 Å². The van der Waals surface area contributed by atoms with Crippen LogP contribution in [-0.4, -0.2) is 46.0 Å². The van der Waals surface area contributed by atoms with Gasteiger partial charge in [-0.2, -0.15) is 5.10 Å². The van der Waals surface area contributed by atoms with Crippen molar-refractivity contribution in [1.29, 1.82) is 0 Å². The number of hydrogen-bond donors (Lipinski definition) is 3. The summed E-state index contributed by atoms with van der Waals surface area (Å²) in [7, 11) is 0. The summed E-state index contributed by atoms with van der Waals surface area (Å²) >= 11 is 0. The topological polar surface area (TPSA) is 107 Å². The van der Waals surface area contributed by atoms with E-state index in [1.165, 1.54) is 0 Å². The predicted octanol–water partition coefficient (Wildman–Crippen LogP) is -1.42. The van der Waals surface area contributed by atoms with Gasteiger partial charge in [-0.1, -0.05) is 0 Å². The van der Waals surface area contributed by atoms with Crippen LogP contribution in [0.2, 0.25) is 0 Å². The number of carbonyl (C=O) groups excluding carboxylic acids is 3. The van der Waals surface area contributed by atoms with Gasteiger partial charge >= 0.3 is 6.03 Å². The van der Waals surface area contributed by atoms with Crippen LogP contribution in [0, 0.1) is 0 Å². The van der Waals surface area contributed by atoms with E-state index in [2.05, 4.69) is 20.8 Å². The molecule has 0 atom stereocenters. The van der Waals surface area contributed by atoms with Gasteiger partial charge in [0.05, 0.1) is 18.8 Å². The number of hydrogen-bond acceptors (Lipinski definition) is 4. The van der Waals surface area contributed by atoms with E-state index in [-0.39, 0.29) is 19.6 Å². The standard InChI is InChI=1S/C9H11N5O3/c15-7(10-3-6-1-2-12-13-6)5-14-8(16)4-11-9(14)17/h1-2H,3-5H2,(H,10,15)(H,11,17)(H,12,13). The zero-order valence-electron chi connectivity index (χ0n) is 8.90. The quantitative estimate of drug-likeness (QED) is 0.558. The molecule has 1 saturated heterocycles. The number of urea groups is 1. The zero-order chi connectivity index (χ0) is 12.3. The minimum absolute atomic E-state index is 0.0489. The SMILES string of the molecule is O=C(CN1C(=O)CNC1=O)NCc1ccn[nH]1.